The highest BCUT2D eigenvalue weighted by atomic mass is 35.5. The van der Waals surface area contributed by atoms with Crippen molar-refractivity contribution in [3.05, 3.63) is 75.3 Å². The molecule has 0 radical (unpaired) electrons. The van der Waals surface area contributed by atoms with Gasteiger partial charge in [0.1, 0.15) is 17.0 Å². The molecule has 4 rings (SSSR count). The number of thioether (sulfide) groups is 1. The van der Waals surface area contributed by atoms with Crippen LogP contribution in [0.4, 0.5) is 0 Å². The summed E-state index contributed by atoms with van der Waals surface area (Å²) in [6.07, 6.45) is 0. The van der Waals surface area contributed by atoms with Gasteiger partial charge in [0.25, 0.3) is 0 Å². The molecule has 0 aliphatic heterocycles. The lowest BCUT2D eigenvalue weighted by Crippen LogP contribution is -2.40. The second-order valence-electron chi connectivity index (χ2n) is 11.8. The number of imidazole rings is 1. The highest BCUT2D eigenvalue weighted by Gasteiger charge is 2.37. The second-order valence-corrected chi connectivity index (χ2v) is 18.6. The third-order valence-corrected chi connectivity index (χ3v) is 13.6. The number of halogens is 1. The molecule has 2 aromatic carbocycles. The minimum atomic E-state index is -2.03. The fourth-order valence-electron chi connectivity index (χ4n) is 4.13. The van der Waals surface area contributed by atoms with E-state index in [1.54, 1.807) is 32.0 Å². The summed E-state index contributed by atoms with van der Waals surface area (Å²) in [6.45, 7) is 15.6. The number of fused-ring (bicyclic) bond motifs is 1. The Hall–Kier alpha value is -2.72. The average Bonchev–Trinajstić information content (AvgIpc) is 3.23. The summed E-state index contributed by atoms with van der Waals surface area (Å²) in [6, 6.07) is 15.7. The minimum Gasteiger partial charge on any atom is -0.496 e. The molecule has 2 aromatic heterocycles. The zero-order chi connectivity index (χ0) is 29.5. The third kappa shape index (κ3) is 5.98. The first-order chi connectivity index (χ1) is 18.7. The number of rotatable bonds is 9. The Morgan fingerprint density at radius 3 is 2.25 bits per heavy atom. The van der Waals surface area contributed by atoms with Crippen LogP contribution in [0, 0.1) is 0 Å². The number of nitrogens with one attached hydrogen (secondary N) is 1. The van der Waals surface area contributed by atoms with Crippen LogP contribution < -0.4 is 15.2 Å². The second kappa shape index (κ2) is 11.3. The van der Waals surface area contributed by atoms with Gasteiger partial charge in [-0.15, -0.1) is 11.8 Å². The van der Waals surface area contributed by atoms with Crippen molar-refractivity contribution in [1.29, 1.82) is 0 Å². The molecule has 0 aliphatic carbocycles. The van der Waals surface area contributed by atoms with Gasteiger partial charge >= 0.3 is 5.69 Å². The zero-order valence-electron chi connectivity index (χ0n) is 24.6. The van der Waals surface area contributed by atoms with Gasteiger partial charge in [0.05, 0.1) is 42.1 Å². The average molecular weight is 600 g/mol. The van der Waals surface area contributed by atoms with E-state index in [1.165, 1.54) is 10.1 Å². The lowest BCUT2D eigenvalue weighted by Gasteiger charge is -2.36. The lowest BCUT2D eigenvalue weighted by molar-refractivity contribution is 0.271. The molecule has 0 spiro atoms. The summed E-state index contributed by atoms with van der Waals surface area (Å²) in [4.78, 5) is 22.0. The van der Waals surface area contributed by atoms with E-state index >= 15 is 0 Å². The Morgan fingerprint density at radius 1 is 1.00 bits per heavy atom. The van der Waals surface area contributed by atoms with Crippen LogP contribution in [0.5, 0.6) is 11.5 Å². The van der Waals surface area contributed by atoms with Crippen LogP contribution in [-0.4, -0.2) is 37.1 Å². The first-order valence-corrected chi connectivity index (χ1v) is 17.2. The molecule has 2 heterocycles. The number of aromatic nitrogens is 3. The van der Waals surface area contributed by atoms with Crippen molar-refractivity contribution in [3.8, 4) is 17.2 Å². The Bertz CT molecular complexity index is 1580. The van der Waals surface area contributed by atoms with Crippen LogP contribution in [0.25, 0.3) is 16.9 Å². The van der Waals surface area contributed by atoms with Crippen molar-refractivity contribution in [1.82, 2.24) is 14.5 Å². The number of benzene rings is 2. The van der Waals surface area contributed by atoms with Gasteiger partial charge in [0.15, 0.2) is 14.0 Å². The molecule has 0 amide bonds. The SMILES string of the molecule is COc1cc(Cl)c(-n2c(=O)[nH]c3c(OC)cc(CO[Si](C)(C)C(C)(C)C)nc32)cc1SC(C)(C)c1ccccc1. The first-order valence-electron chi connectivity index (χ1n) is 13.1. The number of hydrogen-bond acceptors (Lipinski definition) is 6. The standard InChI is InChI=1S/C30H38ClN3O4SSi/c1-29(2,3)40(8,9)38-18-20-15-24(37-7)26-27(32-20)34(28(35)33-26)22-17-25(23(36-6)16-21(22)31)39-30(4,5)19-13-11-10-12-14-19/h10-17H,18H2,1-9H3,(H,33,35). The molecule has 0 saturated carbocycles. The Morgan fingerprint density at radius 2 is 1.65 bits per heavy atom. The Balaban J connectivity index is 1.83. The molecule has 10 heteroatoms. The van der Waals surface area contributed by atoms with E-state index in [9.17, 15) is 4.79 Å². The van der Waals surface area contributed by atoms with Crippen LogP contribution in [0.3, 0.4) is 0 Å². The predicted molar refractivity (Wildman–Crippen MR) is 167 cm³/mol. The highest BCUT2D eigenvalue weighted by molar-refractivity contribution is 8.00. The Labute approximate surface area is 246 Å². The predicted octanol–water partition coefficient (Wildman–Crippen LogP) is 7.93. The number of pyridine rings is 1. The van der Waals surface area contributed by atoms with Gasteiger partial charge in [-0.1, -0.05) is 62.7 Å². The van der Waals surface area contributed by atoms with E-state index in [0.29, 0.717) is 45.7 Å². The number of ether oxygens (including phenoxy) is 2. The summed E-state index contributed by atoms with van der Waals surface area (Å²) in [5.74, 6) is 1.14. The number of methoxy groups -OCH3 is 2. The molecule has 0 aliphatic rings. The van der Waals surface area contributed by atoms with Gasteiger partial charge in [-0.2, -0.15) is 0 Å². The molecule has 1 N–H and O–H groups in total. The third-order valence-electron chi connectivity index (χ3n) is 7.58. The highest BCUT2D eigenvalue weighted by Crippen LogP contribution is 2.46. The van der Waals surface area contributed by atoms with Crippen molar-refractivity contribution >= 4 is 42.8 Å². The van der Waals surface area contributed by atoms with E-state index in [4.69, 9.17) is 30.5 Å². The number of aromatic amines is 1. The van der Waals surface area contributed by atoms with E-state index in [2.05, 4.69) is 64.8 Å². The van der Waals surface area contributed by atoms with Gasteiger partial charge in [0, 0.05) is 16.9 Å². The van der Waals surface area contributed by atoms with Crippen LogP contribution in [0.1, 0.15) is 45.9 Å². The monoisotopic (exact) mass is 599 g/mol. The maximum Gasteiger partial charge on any atom is 0.332 e. The summed E-state index contributed by atoms with van der Waals surface area (Å²) in [7, 11) is 1.16. The van der Waals surface area contributed by atoms with E-state index < -0.39 is 8.32 Å². The number of hydrogen-bond donors (Lipinski definition) is 1. The molecule has 0 saturated heterocycles. The number of nitrogens with zero attached hydrogens (tertiary/aromatic N) is 2. The van der Waals surface area contributed by atoms with E-state index in [-0.39, 0.29) is 15.5 Å². The summed E-state index contributed by atoms with van der Waals surface area (Å²) < 4.78 is 19.0. The van der Waals surface area contributed by atoms with Gasteiger partial charge < -0.3 is 18.9 Å². The van der Waals surface area contributed by atoms with Gasteiger partial charge in [-0.05, 0) is 43.6 Å². The number of H-pyrrole nitrogens is 1. The molecule has 7 nitrogen and oxygen atoms in total. The molecular weight excluding hydrogens is 562 g/mol. The molecule has 4 aromatic rings. The van der Waals surface area contributed by atoms with Gasteiger partial charge in [-0.25, -0.2) is 14.3 Å². The quantitative estimate of drug-likeness (QED) is 0.155. The van der Waals surface area contributed by atoms with Gasteiger partial charge in [0.2, 0.25) is 0 Å². The van der Waals surface area contributed by atoms with E-state index in [0.717, 1.165) is 4.90 Å². The fraction of sp³-hybridized carbons (Fsp3) is 0.400. The van der Waals surface area contributed by atoms with Crippen molar-refractivity contribution in [2.75, 3.05) is 14.2 Å². The van der Waals surface area contributed by atoms with Crippen molar-refractivity contribution in [2.45, 2.75) is 69.0 Å². The largest absolute Gasteiger partial charge is 0.496 e. The molecule has 0 bridgehead atoms. The first kappa shape index (κ1) is 30.2. The normalized spacial score (nSPS) is 12.7. The molecule has 40 heavy (non-hydrogen) atoms. The minimum absolute atomic E-state index is 0.0512. The molecule has 0 fully saturated rings. The molecule has 214 valence electrons. The zero-order valence-corrected chi connectivity index (χ0v) is 27.2. The van der Waals surface area contributed by atoms with Gasteiger partial charge in [-0.3, -0.25) is 0 Å². The van der Waals surface area contributed by atoms with Crippen LogP contribution in [-0.2, 0) is 15.8 Å². The maximum absolute atomic E-state index is 13.4. The molecular formula is C30H38ClN3O4SSi. The summed E-state index contributed by atoms with van der Waals surface area (Å²) in [5, 5.41) is 0.417. The molecule has 0 unspecified atom stereocenters. The van der Waals surface area contributed by atoms with Crippen LogP contribution in [0.15, 0.2) is 58.2 Å². The maximum atomic E-state index is 13.4. The van der Waals surface area contributed by atoms with Crippen LogP contribution in [0.2, 0.25) is 23.2 Å². The summed E-state index contributed by atoms with van der Waals surface area (Å²) >= 11 is 8.41. The van der Waals surface area contributed by atoms with Crippen molar-refractivity contribution in [3.63, 3.8) is 0 Å². The smallest absolute Gasteiger partial charge is 0.332 e. The fourth-order valence-corrected chi connectivity index (χ4v) is 6.53. The lowest BCUT2D eigenvalue weighted by atomic mass is 10.0. The van der Waals surface area contributed by atoms with Crippen LogP contribution >= 0.6 is 23.4 Å². The Kier molecular flexibility index (Phi) is 8.52. The van der Waals surface area contributed by atoms with Crippen molar-refractivity contribution in [2.24, 2.45) is 0 Å². The summed E-state index contributed by atoms with van der Waals surface area (Å²) in [5.41, 5.74) is 2.89. The van der Waals surface area contributed by atoms with Crippen molar-refractivity contribution < 1.29 is 13.9 Å². The van der Waals surface area contributed by atoms with E-state index in [1.807, 2.05) is 30.3 Å². The molecule has 0 atom stereocenters. The topological polar surface area (TPSA) is 78.4 Å².